The summed E-state index contributed by atoms with van der Waals surface area (Å²) in [6.45, 7) is 1.35. The molecule has 5 heterocycles. The Hall–Kier alpha value is -3.82. The van der Waals surface area contributed by atoms with Crippen LogP contribution in [0.5, 0.6) is 0 Å². The highest BCUT2D eigenvalue weighted by molar-refractivity contribution is 5.88. The lowest BCUT2D eigenvalue weighted by Gasteiger charge is -2.38. The Morgan fingerprint density at radius 1 is 1.17 bits per heavy atom. The molecule has 0 saturated carbocycles. The van der Waals surface area contributed by atoms with Crippen LogP contribution in [0.25, 0.3) is 22.3 Å². The first-order valence-electron chi connectivity index (χ1n) is 11.9. The minimum absolute atomic E-state index is 0.00940. The van der Waals surface area contributed by atoms with Gasteiger partial charge in [0.05, 0.1) is 29.0 Å². The normalized spacial score (nSPS) is 22.0. The van der Waals surface area contributed by atoms with Crippen molar-refractivity contribution in [2.45, 2.75) is 50.9 Å². The van der Waals surface area contributed by atoms with E-state index < -0.39 is 36.4 Å². The van der Waals surface area contributed by atoms with Crippen LogP contribution < -0.4 is 5.56 Å². The second-order valence-electron chi connectivity index (χ2n) is 9.47. The summed E-state index contributed by atoms with van der Waals surface area (Å²) >= 11 is 0. The zero-order chi connectivity index (χ0) is 25.2. The second-order valence-corrected chi connectivity index (χ2v) is 9.47. The quantitative estimate of drug-likeness (QED) is 0.391. The number of nitrogens with zero attached hydrogens (tertiary/aromatic N) is 3. The Kier molecular flexibility index (Phi) is 4.93. The molecule has 0 N–H and O–H groups in total. The van der Waals surface area contributed by atoms with E-state index in [1.54, 1.807) is 17.6 Å². The van der Waals surface area contributed by atoms with Gasteiger partial charge in [0.1, 0.15) is 6.61 Å². The first-order valence-corrected chi connectivity index (χ1v) is 11.9. The van der Waals surface area contributed by atoms with Crippen LogP contribution in [0.2, 0.25) is 0 Å². The molecule has 0 bridgehead atoms. The highest BCUT2D eigenvalue weighted by atomic mass is 19.3. The third-order valence-electron chi connectivity index (χ3n) is 7.40. The molecule has 2 aromatic heterocycles. The third kappa shape index (κ3) is 3.30. The molecule has 1 saturated heterocycles. The minimum atomic E-state index is -2.84. The van der Waals surface area contributed by atoms with Crippen molar-refractivity contribution in [2.24, 2.45) is 0 Å². The van der Waals surface area contributed by atoms with Gasteiger partial charge in [-0.25, -0.2) is 23.4 Å². The number of carbonyl (C=O) groups excluding carboxylic acids is 2. The van der Waals surface area contributed by atoms with Crippen LogP contribution in [0.15, 0.2) is 41.2 Å². The fourth-order valence-electron chi connectivity index (χ4n) is 5.31. The molecular formula is C26H23F2N3O5. The number of aromatic nitrogens is 2. The van der Waals surface area contributed by atoms with Crippen molar-refractivity contribution >= 4 is 23.0 Å². The second kappa shape index (κ2) is 7.84. The van der Waals surface area contributed by atoms with Crippen molar-refractivity contribution in [1.82, 2.24) is 14.5 Å². The number of para-hydroxylation sites is 1. The lowest BCUT2D eigenvalue weighted by atomic mass is 9.85. The first-order chi connectivity index (χ1) is 17.2. The predicted octanol–water partition coefficient (Wildman–Crippen LogP) is 3.96. The number of ether oxygens (including phenoxy) is 2. The van der Waals surface area contributed by atoms with E-state index in [-0.39, 0.29) is 42.8 Å². The van der Waals surface area contributed by atoms with Crippen LogP contribution in [0.4, 0.5) is 13.6 Å². The zero-order valence-corrected chi connectivity index (χ0v) is 19.6. The molecule has 0 radical (unpaired) electrons. The smallest absolute Gasteiger partial charge is 0.411 e. The standard InChI is InChI=1S/C26H23F2N3O5/c1-2-26(36-24(34)30-9-7-25(27,28)8-10-30)18-12-20-21-16(11-15-5-3-4-6-19(15)29-21)13-31(20)22(32)17(18)14-35-23(26)33/h3-6,11-12H,2,7-10,13-14H2,1H3/t26-/m0/s1. The number of cyclic esters (lactones) is 1. The van der Waals surface area contributed by atoms with Gasteiger partial charge < -0.3 is 18.9 Å². The summed E-state index contributed by atoms with van der Waals surface area (Å²) in [5, 5.41) is 0.948. The maximum atomic E-state index is 13.6. The molecule has 6 rings (SSSR count). The van der Waals surface area contributed by atoms with Crippen LogP contribution >= 0.6 is 0 Å². The molecule has 186 valence electrons. The Morgan fingerprint density at radius 2 is 1.92 bits per heavy atom. The van der Waals surface area contributed by atoms with Crippen molar-refractivity contribution in [3.63, 3.8) is 0 Å². The minimum Gasteiger partial charge on any atom is -0.457 e. The Balaban J connectivity index is 1.44. The van der Waals surface area contributed by atoms with E-state index in [9.17, 15) is 23.2 Å². The van der Waals surface area contributed by atoms with Crippen LogP contribution in [-0.4, -0.2) is 45.5 Å². The van der Waals surface area contributed by atoms with Crippen molar-refractivity contribution in [2.75, 3.05) is 13.1 Å². The number of piperidine rings is 1. The average molecular weight is 495 g/mol. The van der Waals surface area contributed by atoms with E-state index in [0.717, 1.165) is 16.5 Å². The summed E-state index contributed by atoms with van der Waals surface area (Å²) in [6, 6.07) is 11.3. The molecule has 1 aromatic carbocycles. The van der Waals surface area contributed by atoms with Crippen molar-refractivity contribution < 1.29 is 27.8 Å². The highest BCUT2D eigenvalue weighted by Crippen LogP contribution is 2.41. The van der Waals surface area contributed by atoms with Crippen LogP contribution in [0, 0.1) is 0 Å². The average Bonchev–Trinajstić information content (AvgIpc) is 3.22. The maximum Gasteiger partial charge on any atom is 0.411 e. The number of halogens is 2. The Morgan fingerprint density at radius 3 is 2.67 bits per heavy atom. The molecule has 1 amide bonds. The van der Waals surface area contributed by atoms with Gasteiger partial charge in [-0.15, -0.1) is 0 Å². The summed E-state index contributed by atoms with van der Waals surface area (Å²) in [7, 11) is 0. The molecule has 0 aliphatic carbocycles. The van der Waals surface area contributed by atoms with Gasteiger partial charge in [0.15, 0.2) is 0 Å². The van der Waals surface area contributed by atoms with Crippen molar-refractivity contribution in [3.8, 4) is 11.4 Å². The zero-order valence-electron chi connectivity index (χ0n) is 19.6. The van der Waals surface area contributed by atoms with Gasteiger partial charge in [-0.3, -0.25) is 4.79 Å². The topological polar surface area (TPSA) is 90.7 Å². The molecule has 3 aromatic rings. The molecule has 1 fully saturated rings. The van der Waals surface area contributed by atoms with Gasteiger partial charge in [-0.2, -0.15) is 0 Å². The summed E-state index contributed by atoms with van der Waals surface area (Å²) < 4.78 is 39.9. The number of carbonyl (C=O) groups is 2. The Labute approximate surface area is 204 Å². The van der Waals surface area contributed by atoms with Crippen LogP contribution in [0.3, 0.4) is 0 Å². The van der Waals surface area contributed by atoms with E-state index >= 15 is 0 Å². The SMILES string of the molecule is CC[C@@]1(OC(=O)N2CCC(F)(F)CC2)C(=O)OCc2c1cc1n(c2=O)Cc2cc3ccccc3nc2-1. The van der Waals surface area contributed by atoms with Crippen LogP contribution in [-0.2, 0) is 33.0 Å². The third-order valence-corrected chi connectivity index (χ3v) is 7.40. The molecule has 3 aliphatic heterocycles. The molecule has 36 heavy (non-hydrogen) atoms. The Bertz CT molecular complexity index is 1490. The maximum absolute atomic E-state index is 13.6. The number of likely N-dealkylation sites (tertiary alicyclic amines) is 1. The van der Waals surface area contributed by atoms with Crippen molar-refractivity contribution in [1.29, 1.82) is 0 Å². The molecule has 0 unspecified atom stereocenters. The number of rotatable bonds is 2. The highest BCUT2D eigenvalue weighted by Gasteiger charge is 2.51. The number of amides is 1. The number of fused-ring (bicyclic) bond motifs is 5. The number of alkyl halides is 2. The van der Waals surface area contributed by atoms with Gasteiger partial charge in [-0.1, -0.05) is 25.1 Å². The van der Waals surface area contributed by atoms with Crippen LogP contribution in [0.1, 0.15) is 42.9 Å². The number of esters is 1. The fraction of sp³-hybridized carbons (Fsp3) is 0.385. The summed E-state index contributed by atoms with van der Waals surface area (Å²) in [6.07, 6.45) is -1.83. The summed E-state index contributed by atoms with van der Waals surface area (Å²) in [4.78, 5) is 45.6. The molecule has 3 aliphatic rings. The molecule has 10 heteroatoms. The molecule has 1 atom stereocenters. The molecule has 0 spiro atoms. The number of pyridine rings is 2. The predicted molar refractivity (Wildman–Crippen MR) is 125 cm³/mol. The summed E-state index contributed by atoms with van der Waals surface area (Å²) in [5.41, 5.74) is 1.08. The first kappa shape index (κ1) is 22.6. The fourth-order valence-corrected chi connectivity index (χ4v) is 5.31. The lowest BCUT2D eigenvalue weighted by molar-refractivity contribution is -0.174. The van der Waals surface area contributed by atoms with E-state index in [4.69, 9.17) is 14.5 Å². The summed E-state index contributed by atoms with van der Waals surface area (Å²) in [5.74, 6) is -3.63. The van der Waals surface area contributed by atoms with E-state index in [1.807, 2.05) is 30.3 Å². The van der Waals surface area contributed by atoms with Gasteiger partial charge in [0.25, 0.3) is 11.5 Å². The number of hydrogen-bond donors (Lipinski definition) is 0. The van der Waals surface area contributed by atoms with Gasteiger partial charge in [0.2, 0.25) is 5.60 Å². The largest absolute Gasteiger partial charge is 0.457 e. The molecular weight excluding hydrogens is 472 g/mol. The van der Waals surface area contributed by atoms with E-state index in [2.05, 4.69) is 0 Å². The van der Waals surface area contributed by atoms with E-state index in [0.29, 0.717) is 17.9 Å². The lowest BCUT2D eigenvalue weighted by Crippen LogP contribution is -2.51. The van der Waals surface area contributed by atoms with E-state index in [1.165, 1.54) is 4.90 Å². The van der Waals surface area contributed by atoms with Gasteiger partial charge >= 0.3 is 12.1 Å². The molecule has 8 nitrogen and oxygen atoms in total. The number of hydrogen-bond acceptors (Lipinski definition) is 6. The number of benzene rings is 1. The van der Waals surface area contributed by atoms with Crippen molar-refractivity contribution in [3.05, 3.63) is 63.4 Å². The van der Waals surface area contributed by atoms with Gasteiger partial charge in [0, 0.05) is 42.4 Å². The van der Waals surface area contributed by atoms with Gasteiger partial charge in [-0.05, 0) is 24.6 Å². The monoisotopic (exact) mass is 495 g/mol.